The lowest BCUT2D eigenvalue weighted by molar-refractivity contribution is 0.121. The number of methoxy groups -OCH3 is 1. The zero-order chi connectivity index (χ0) is 17.5. The first kappa shape index (κ1) is 18.9. The fourth-order valence-electron chi connectivity index (χ4n) is 4.34. The second kappa shape index (κ2) is 9.19. The number of aliphatic imine (C=N–C) groups is 1. The molecule has 0 aromatic heterocycles. The Morgan fingerprint density at radius 3 is 2.80 bits per heavy atom. The van der Waals surface area contributed by atoms with Gasteiger partial charge in [0.05, 0.1) is 13.2 Å². The molecule has 144 valence electrons. The molecule has 0 saturated carbocycles. The van der Waals surface area contributed by atoms with Crippen molar-refractivity contribution < 1.29 is 9.47 Å². The van der Waals surface area contributed by atoms with E-state index in [1.807, 2.05) is 0 Å². The van der Waals surface area contributed by atoms with E-state index in [0.29, 0.717) is 5.41 Å². The number of nitrogens with one attached hydrogen (secondary N) is 1. The maximum absolute atomic E-state index is 5.66. The molecule has 1 spiro atoms. The summed E-state index contributed by atoms with van der Waals surface area (Å²) < 4.78 is 10.9. The highest BCUT2D eigenvalue weighted by atomic mass is 16.5. The number of guanidine groups is 1. The summed E-state index contributed by atoms with van der Waals surface area (Å²) in [5.41, 5.74) is 0.392. The Balaban J connectivity index is 1.48. The van der Waals surface area contributed by atoms with Gasteiger partial charge in [0.2, 0.25) is 0 Å². The third-order valence-corrected chi connectivity index (χ3v) is 6.08. The smallest absolute Gasteiger partial charge is 0.193 e. The van der Waals surface area contributed by atoms with Gasteiger partial charge < -0.3 is 24.6 Å². The van der Waals surface area contributed by atoms with Crippen LogP contribution in [-0.2, 0) is 9.47 Å². The van der Waals surface area contributed by atoms with Crippen molar-refractivity contribution in [1.82, 2.24) is 15.1 Å². The standard InChI is InChI=1S/C19H36N4O2/c1-3-20-18(23-10-6-19(15-23)7-12-25-16-19)21-14-17-4-8-22(9-5-17)11-13-24-2/h17H,3-16H2,1-2H3,(H,20,21). The first-order chi connectivity index (χ1) is 12.2. The topological polar surface area (TPSA) is 49.3 Å². The molecule has 3 heterocycles. The Hall–Kier alpha value is -0.850. The Bertz CT molecular complexity index is 429. The zero-order valence-corrected chi connectivity index (χ0v) is 16.1. The van der Waals surface area contributed by atoms with Gasteiger partial charge in [0.25, 0.3) is 0 Å². The van der Waals surface area contributed by atoms with E-state index in [2.05, 4.69) is 22.0 Å². The number of hydrogen-bond donors (Lipinski definition) is 1. The summed E-state index contributed by atoms with van der Waals surface area (Å²) in [5, 5.41) is 3.52. The molecule has 3 aliphatic rings. The third kappa shape index (κ3) is 5.08. The van der Waals surface area contributed by atoms with Gasteiger partial charge in [-0.05, 0) is 51.6 Å². The van der Waals surface area contributed by atoms with Crippen LogP contribution in [0.2, 0.25) is 0 Å². The van der Waals surface area contributed by atoms with Crippen molar-refractivity contribution in [3.63, 3.8) is 0 Å². The van der Waals surface area contributed by atoms with Gasteiger partial charge >= 0.3 is 0 Å². The maximum Gasteiger partial charge on any atom is 0.193 e. The maximum atomic E-state index is 5.66. The predicted octanol–water partition coefficient (Wildman–Crippen LogP) is 1.42. The van der Waals surface area contributed by atoms with E-state index >= 15 is 0 Å². The molecule has 0 aromatic carbocycles. The van der Waals surface area contributed by atoms with E-state index in [4.69, 9.17) is 14.5 Å². The highest BCUT2D eigenvalue weighted by Crippen LogP contribution is 2.38. The second-order valence-electron chi connectivity index (χ2n) is 7.95. The largest absolute Gasteiger partial charge is 0.383 e. The summed E-state index contributed by atoms with van der Waals surface area (Å²) in [6.45, 7) is 12.4. The van der Waals surface area contributed by atoms with E-state index < -0.39 is 0 Å². The molecule has 0 aliphatic carbocycles. The van der Waals surface area contributed by atoms with Crippen LogP contribution in [0.3, 0.4) is 0 Å². The number of piperidine rings is 1. The van der Waals surface area contributed by atoms with Gasteiger partial charge in [-0.2, -0.15) is 0 Å². The molecule has 0 radical (unpaired) electrons. The monoisotopic (exact) mass is 352 g/mol. The molecule has 6 nitrogen and oxygen atoms in total. The van der Waals surface area contributed by atoms with Gasteiger partial charge in [-0.1, -0.05) is 0 Å². The summed E-state index contributed by atoms with van der Waals surface area (Å²) in [6.07, 6.45) is 4.97. The number of rotatable bonds is 6. The summed E-state index contributed by atoms with van der Waals surface area (Å²) >= 11 is 0. The molecule has 3 rings (SSSR count). The molecule has 1 unspecified atom stereocenters. The lowest BCUT2D eigenvalue weighted by atomic mass is 9.87. The molecule has 0 bridgehead atoms. The molecule has 1 atom stereocenters. The summed E-state index contributed by atoms with van der Waals surface area (Å²) in [7, 11) is 1.78. The summed E-state index contributed by atoms with van der Waals surface area (Å²) in [5.74, 6) is 1.84. The number of nitrogens with zero attached hydrogens (tertiary/aromatic N) is 3. The number of ether oxygens (including phenoxy) is 2. The summed E-state index contributed by atoms with van der Waals surface area (Å²) in [6, 6.07) is 0. The second-order valence-corrected chi connectivity index (χ2v) is 7.95. The van der Waals surface area contributed by atoms with Crippen LogP contribution in [0.1, 0.15) is 32.6 Å². The van der Waals surface area contributed by atoms with Crippen LogP contribution in [0, 0.1) is 11.3 Å². The lowest BCUT2D eigenvalue weighted by Crippen LogP contribution is -2.42. The van der Waals surface area contributed by atoms with Gasteiger partial charge in [0.1, 0.15) is 0 Å². The quantitative estimate of drug-likeness (QED) is 0.579. The fraction of sp³-hybridized carbons (Fsp3) is 0.947. The van der Waals surface area contributed by atoms with Gasteiger partial charge in [-0.3, -0.25) is 4.99 Å². The van der Waals surface area contributed by atoms with Gasteiger partial charge in [0, 0.05) is 51.9 Å². The molecule has 3 saturated heterocycles. The molecule has 3 fully saturated rings. The van der Waals surface area contributed by atoms with Crippen molar-refractivity contribution >= 4 is 5.96 Å². The molecule has 3 aliphatic heterocycles. The molecule has 6 heteroatoms. The van der Waals surface area contributed by atoms with Crippen LogP contribution in [0.5, 0.6) is 0 Å². The highest BCUT2D eigenvalue weighted by molar-refractivity contribution is 5.80. The molecular formula is C19H36N4O2. The van der Waals surface area contributed by atoms with Crippen LogP contribution >= 0.6 is 0 Å². The molecule has 1 N–H and O–H groups in total. The van der Waals surface area contributed by atoms with E-state index in [9.17, 15) is 0 Å². The van der Waals surface area contributed by atoms with Crippen LogP contribution in [0.4, 0.5) is 0 Å². The van der Waals surface area contributed by atoms with Crippen molar-refractivity contribution in [3.05, 3.63) is 0 Å². The first-order valence-electron chi connectivity index (χ1n) is 10.1. The number of likely N-dealkylation sites (tertiary alicyclic amines) is 2. The minimum absolute atomic E-state index is 0.392. The average molecular weight is 353 g/mol. The molecule has 0 aromatic rings. The highest BCUT2D eigenvalue weighted by Gasteiger charge is 2.42. The SMILES string of the molecule is CCNC(=NCC1CCN(CCOC)CC1)N1CCC2(CCOC2)C1. The van der Waals surface area contributed by atoms with E-state index in [1.165, 1.54) is 38.8 Å². The minimum atomic E-state index is 0.392. The Morgan fingerprint density at radius 1 is 1.28 bits per heavy atom. The van der Waals surface area contributed by atoms with Gasteiger partial charge in [0.15, 0.2) is 5.96 Å². The van der Waals surface area contributed by atoms with Crippen LogP contribution < -0.4 is 5.32 Å². The van der Waals surface area contributed by atoms with E-state index in [-0.39, 0.29) is 0 Å². The minimum Gasteiger partial charge on any atom is -0.383 e. The summed E-state index contributed by atoms with van der Waals surface area (Å²) in [4.78, 5) is 9.99. The van der Waals surface area contributed by atoms with Crippen molar-refractivity contribution in [3.8, 4) is 0 Å². The van der Waals surface area contributed by atoms with Crippen LogP contribution in [0.15, 0.2) is 4.99 Å². The molecular weight excluding hydrogens is 316 g/mol. The fourth-order valence-corrected chi connectivity index (χ4v) is 4.34. The molecule has 25 heavy (non-hydrogen) atoms. The van der Waals surface area contributed by atoms with Crippen LogP contribution in [0.25, 0.3) is 0 Å². The zero-order valence-electron chi connectivity index (χ0n) is 16.1. The van der Waals surface area contributed by atoms with Crippen LogP contribution in [-0.4, -0.2) is 88.5 Å². The first-order valence-corrected chi connectivity index (χ1v) is 10.1. The van der Waals surface area contributed by atoms with E-state index in [0.717, 1.165) is 64.4 Å². The number of hydrogen-bond acceptors (Lipinski definition) is 4. The lowest BCUT2D eigenvalue weighted by Gasteiger charge is -2.31. The van der Waals surface area contributed by atoms with Crippen molar-refractivity contribution in [2.24, 2.45) is 16.3 Å². The van der Waals surface area contributed by atoms with Crippen molar-refractivity contribution in [2.75, 3.05) is 72.7 Å². The van der Waals surface area contributed by atoms with Crippen molar-refractivity contribution in [1.29, 1.82) is 0 Å². The Morgan fingerprint density at radius 2 is 2.12 bits per heavy atom. The normalized spacial score (nSPS) is 29.0. The van der Waals surface area contributed by atoms with Gasteiger partial charge in [-0.15, -0.1) is 0 Å². The Labute approximate surface area is 152 Å². The van der Waals surface area contributed by atoms with E-state index in [1.54, 1.807) is 7.11 Å². The Kier molecular flexibility index (Phi) is 6.96. The third-order valence-electron chi connectivity index (χ3n) is 6.08. The van der Waals surface area contributed by atoms with Gasteiger partial charge in [-0.25, -0.2) is 0 Å². The van der Waals surface area contributed by atoms with Crippen molar-refractivity contribution in [2.45, 2.75) is 32.6 Å². The average Bonchev–Trinajstić information content (AvgIpc) is 3.28. The molecule has 0 amide bonds. The predicted molar refractivity (Wildman–Crippen MR) is 101 cm³/mol.